The molecule has 0 radical (unpaired) electrons. The minimum Gasteiger partial charge on any atom is -0.135 e. The summed E-state index contributed by atoms with van der Waals surface area (Å²) in [5.74, 6) is 0. The minimum absolute atomic E-state index is 0.520. The van der Waals surface area contributed by atoms with E-state index in [9.17, 15) is 0 Å². The third-order valence-electron chi connectivity index (χ3n) is 10.1. The van der Waals surface area contributed by atoms with Crippen LogP contribution < -0.4 is 0 Å². The number of fused-ring (bicyclic) bond motifs is 7. The molecule has 0 N–H and O–H groups in total. The third-order valence-corrected chi connectivity index (χ3v) is 11.2. The fourth-order valence-corrected chi connectivity index (χ4v) is 9.38. The number of rotatable bonds is 4. The van der Waals surface area contributed by atoms with E-state index in [4.69, 9.17) is 0 Å². The van der Waals surface area contributed by atoms with Gasteiger partial charge in [-0.05, 0) is 98.1 Å². The van der Waals surface area contributed by atoms with Crippen LogP contribution in [0.15, 0.2) is 147 Å². The molecule has 1 heteroatoms. The van der Waals surface area contributed by atoms with E-state index in [-0.39, 0.29) is 0 Å². The molecule has 8 aromatic rings. The average molecular weight is 605 g/mol. The van der Waals surface area contributed by atoms with E-state index in [1.165, 1.54) is 86.2 Å². The van der Waals surface area contributed by atoms with Gasteiger partial charge in [-0.25, -0.2) is 0 Å². The van der Waals surface area contributed by atoms with Crippen molar-refractivity contribution in [2.24, 2.45) is 0 Å². The van der Waals surface area contributed by atoms with Gasteiger partial charge in [0, 0.05) is 20.2 Å². The van der Waals surface area contributed by atoms with Crippen molar-refractivity contribution in [2.75, 3.05) is 0 Å². The summed E-state index contributed by atoms with van der Waals surface area (Å²) in [5, 5.41) is 7.78. The molecule has 0 fully saturated rings. The van der Waals surface area contributed by atoms with Crippen LogP contribution in [0.2, 0.25) is 0 Å². The molecular formula is C45H32S. The van der Waals surface area contributed by atoms with Crippen LogP contribution >= 0.6 is 11.3 Å². The summed E-state index contributed by atoms with van der Waals surface area (Å²) in [4.78, 5) is 0. The first kappa shape index (κ1) is 27.1. The van der Waals surface area contributed by atoms with Crippen LogP contribution in [0, 0.1) is 0 Å². The summed E-state index contributed by atoms with van der Waals surface area (Å²) >= 11 is 1.90. The lowest BCUT2D eigenvalue weighted by molar-refractivity contribution is 0.751. The Kier molecular flexibility index (Phi) is 5.82. The monoisotopic (exact) mass is 604 g/mol. The number of allylic oxidation sites excluding steroid dienone is 2. The van der Waals surface area contributed by atoms with Gasteiger partial charge in [-0.3, -0.25) is 0 Å². The summed E-state index contributed by atoms with van der Waals surface area (Å²) < 4.78 is 2.61. The molecule has 0 bridgehead atoms. The van der Waals surface area contributed by atoms with Crippen molar-refractivity contribution >= 4 is 64.2 Å². The predicted octanol–water partition coefficient (Wildman–Crippen LogP) is 12.8. The van der Waals surface area contributed by atoms with Crippen molar-refractivity contribution < 1.29 is 0 Å². The largest absolute Gasteiger partial charge is 0.135 e. The van der Waals surface area contributed by atoms with Gasteiger partial charge in [-0.15, -0.1) is 11.3 Å². The van der Waals surface area contributed by atoms with Gasteiger partial charge in [-0.2, -0.15) is 0 Å². The van der Waals surface area contributed by atoms with Crippen LogP contribution in [0.25, 0.3) is 64.0 Å². The molecule has 1 heterocycles. The minimum atomic E-state index is -0.520. The molecule has 0 saturated heterocycles. The molecule has 0 saturated carbocycles. The quantitative estimate of drug-likeness (QED) is 0.187. The summed E-state index contributed by atoms with van der Waals surface area (Å²) in [6, 6.07) is 49.9. The second kappa shape index (κ2) is 9.88. The van der Waals surface area contributed by atoms with Crippen LogP contribution in [-0.2, 0) is 5.41 Å². The van der Waals surface area contributed by atoms with Crippen LogP contribution in [-0.4, -0.2) is 0 Å². The maximum atomic E-state index is 4.38. The Balaban J connectivity index is 1.54. The Bertz CT molecular complexity index is 2520. The molecule has 1 aliphatic carbocycles. The van der Waals surface area contributed by atoms with Gasteiger partial charge < -0.3 is 0 Å². The van der Waals surface area contributed by atoms with Crippen LogP contribution in [0.1, 0.15) is 47.2 Å². The highest BCUT2D eigenvalue weighted by atomic mass is 32.1. The fourth-order valence-electron chi connectivity index (χ4n) is 8.20. The summed E-state index contributed by atoms with van der Waals surface area (Å²) in [7, 11) is 0. The van der Waals surface area contributed by atoms with Crippen molar-refractivity contribution in [1.82, 2.24) is 0 Å². The molecule has 0 amide bonds. The molecule has 0 aliphatic heterocycles. The Labute approximate surface area is 273 Å². The van der Waals surface area contributed by atoms with E-state index in [0.717, 1.165) is 11.1 Å². The number of thiophene rings is 1. The summed E-state index contributed by atoms with van der Waals surface area (Å²) in [6.45, 7) is 13.0. The second-order valence-corrected chi connectivity index (χ2v) is 13.9. The first-order chi connectivity index (χ1) is 22.5. The first-order valence-electron chi connectivity index (χ1n) is 15.9. The Morgan fingerprint density at radius 1 is 0.478 bits per heavy atom. The van der Waals surface area contributed by atoms with E-state index >= 15 is 0 Å². The number of hydrogen-bond acceptors (Lipinski definition) is 1. The van der Waals surface area contributed by atoms with E-state index in [0.29, 0.717) is 0 Å². The molecule has 46 heavy (non-hydrogen) atoms. The number of hydrogen-bond donors (Lipinski definition) is 0. The SMILES string of the molecule is C=C(C)c1ccc2c3c(cccc13)C(c1ccccc1)(c1ccccc1)c1cc3c(cc1-2)sc1cc(C(=C)C)c2ccccc2c13. The molecule has 0 atom stereocenters. The smallest absolute Gasteiger partial charge is 0.0714 e. The average Bonchev–Trinajstić information content (AvgIpc) is 3.46. The fraction of sp³-hybridized carbons (Fsp3) is 0.0667. The maximum absolute atomic E-state index is 4.38. The van der Waals surface area contributed by atoms with Crippen LogP contribution in [0.4, 0.5) is 0 Å². The topological polar surface area (TPSA) is 0 Å². The lowest BCUT2D eigenvalue weighted by atomic mass is 9.59. The standard InChI is InChI=1S/C45H32S/c1-27(2)31-22-23-35-37-26-41-38(44-34-19-12-11-18-32(34)36(28(3)4)25-42(44)46-41)24-40(37)45(29-14-7-5-8-15-29,30-16-9-6-10-17-30)39-21-13-20-33(31)43(35)39/h5-26H,1,3H2,2,4H3. The molecule has 218 valence electrons. The lowest BCUT2D eigenvalue weighted by Crippen LogP contribution is -2.34. The van der Waals surface area contributed by atoms with Gasteiger partial charge >= 0.3 is 0 Å². The van der Waals surface area contributed by atoms with Gasteiger partial charge in [0.15, 0.2) is 0 Å². The van der Waals surface area contributed by atoms with Gasteiger partial charge in [0.25, 0.3) is 0 Å². The molecule has 1 aliphatic rings. The normalized spacial score (nSPS) is 13.3. The predicted molar refractivity (Wildman–Crippen MR) is 201 cm³/mol. The van der Waals surface area contributed by atoms with E-state index in [2.05, 4.69) is 160 Å². The Morgan fingerprint density at radius 2 is 1.11 bits per heavy atom. The van der Waals surface area contributed by atoms with Gasteiger partial charge in [0.1, 0.15) is 0 Å². The molecule has 9 rings (SSSR count). The highest BCUT2D eigenvalue weighted by Crippen LogP contribution is 2.57. The van der Waals surface area contributed by atoms with Crippen molar-refractivity contribution in [3.63, 3.8) is 0 Å². The first-order valence-corrected chi connectivity index (χ1v) is 16.7. The molecule has 0 spiro atoms. The summed E-state index contributed by atoms with van der Waals surface area (Å²) in [5.41, 5.74) is 11.9. The van der Waals surface area contributed by atoms with Gasteiger partial charge in [0.05, 0.1) is 5.41 Å². The van der Waals surface area contributed by atoms with Crippen molar-refractivity contribution in [1.29, 1.82) is 0 Å². The highest BCUT2D eigenvalue weighted by Gasteiger charge is 2.44. The molecule has 0 nitrogen and oxygen atoms in total. The maximum Gasteiger partial charge on any atom is 0.0714 e. The molecule has 0 unspecified atom stereocenters. The molecule has 7 aromatic carbocycles. The van der Waals surface area contributed by atoms with E-state index in [1.54, 1.807) is 0 Å². The van der Waals surface area contributed by atoms with E-state index < -0.39 is 5.41 Å². The van der Waals surface area contributed by atoms with Crippen molar-refractivity contribution in [3.05, 3.63) is 180 Å². The van der Waals surface area contributed by atoms with Crippen LogP contribution in [0.3, 0.4) is 0 Å². The van der Waals surface area contributed by atoms with Gasteiger partial charge in [-0.1, -0.05) is 140 Å². The zero-order valence-electron chi connectivity index (χ0n) is 26.0. The van der Waals surface area contributed by atoms with Gasteiger partial charge in [0.2, 0.25) is 0 Å². The zero-order chi connectivity index (χ0) is 31.2. The molecule has 1 aromatic heterocycles. The highest BCUT2D eigenvalue weighted by molar-refractivity contribution is 7.26. The Morgan fingerprint density at radius 3 is 1.78 bits per heavy atom. The summed E-state index contributed by atoms with van der Waals surface area (Å²) in [6.07, 6.45) is 0. The van der Waals surface area contributed by atoms with Crippen molar-refractivity contribution in [2.45, 2.75) is 19.3 Å². The lowest BCUT2D eigenvalue weighted by Gasteiger charge is -2.42. The third kappa shape index (κ3) is 3.55. The molecular weight excluding hydrogens is 573 g/mol. The number of benzene rings is 7. The Hall–Kier alpha value is -5.24. The van der Waals surface area contributed by atoms with Crippen LogP contribution in [0.5, 0.6) is 0 Å². The zero-order valence-corrected chi connectivity index (χ0v) is 26.8. The van der Waals surface area contributed by atoms with E-state index in [1.807, 2.05) is 11.3 Å². The second-order valence-electron chi connectivity index (χ2n) is 12.8. The van der Waals surface area contributed by atoms with Crippen molar-refractivity contribution in [3.8, 4) is 11.1 Å².